The Balaban J connectivity index is 0.000000173. The van der Waals surface area contributed by atoms with Crippen LogP contribution < -0.4 is 0 Å². The number of rotatable bonds is 8. The number of hydrogen-bond donors (Lipinski definition) is 3. The number of aliphatic carboxylic acids is 1. The first-order valence-corrected chi connectivity index (χ1v) is 65.3. The molecule has 30 atom stereocenters. The Morgan fingerprint density at radius 3 is 0.928 bits per heavy atom. The molecule has 19 nitrogen and oxygen atoms in total. The normalized spacial score (nSPS) is 40.7. The first-order chi connectivity index (χ1) is 62.5. The smallest absolute Gasteiger partial charge is 0.300 e. The monoisotopic (exact) mass is 2050 g/mol. The van der Waals surface area contributed by atoms with Gasteiger partial charge in [-0.25, -0.2) is 25.6 Å². The van der Waals surface area contributed by atoms with Crippen molar-refractivity contribution in [2.45, 2.75) is 450 Å². The summed E-state index contributed by atoms with van der Waals surface area (Å²) in [6, 6.07) is 14.3. The number of carboxylic acid groups (broad SMARTS) is 1. The van der Waals surface area contributed by atoms with Gasteiger partial charge in [0.2, 0.25) is 11.8 Å². The van der Waals surface area contributed by atoms with Gasteiger partial charge < -0.3 is 43.8 Å². The van der Waals surface area contributed by atoms with Crippen LogP contribution in [0.4, 0.5) is 18.0 Å². The molecule has 18 rings (SSSR count). The van der Waals surface area contributed by atoms with Gasteiger partial charge in [0.15, 0.2) is 36.4 Å². The van der Waals surface area contributed by atoms with Crippen LogP contribution in [-0.4, -0.2) is 198 Å². The number of amides is 4. The number of carbonyl (C=O) groups excluding carboxylic acids is 4. The highest BCUT2D eigenvalue weighted by Gasteiger charge is 2.69. The molecule has 4 heterocycles. The van der Waals surface area contributed by atoms with E-state index in [9.17, 15) is 59.5 Å². The van der Waals surface area contributed by atoms with Crippen LogP contribution in [0.5, 0.6) is 0 Å². The average Bonchev–Trinajstić information content (AvgIpc) is 1.52. The van der Waals surface area contributed by atoms with Crippen molar-refractivity contribution in [1.82, 2.24) is 23.5 Å². The average molecular weight is 2050 g/mol. The molecule has 138 heavy (non-hydrogen) atoms. The lowest BCUT2D eigenvalue weighted by atomic mass is 9.47. The minimum atomic E-state index is -4.77. The standard InChI is InChI=1S/C25H44FNO2Si.C25H45NO2Si.C19H30FNO2.C19H31NO2.C12H10FNO4S2.C6H15ClSi.C2H4O2.CH4.FH/c1-23(2,3)30(7,8)29-21-12-10-17-16-9-11-20-25(5,15-19(26)22(28)27(20)6)18(16)13-14-24(17,21)4;1-23(2,3)29(7,8)28-21-12-10-18-17-9-11-20-24(4,16-14-22(27)26(20)6)19(17)13-15-25(18,21)5;1-18-9-8-13-11(12(18)5-7-16(18)22)4-6-15-19(13,2)10-14(20)17(23)21(15)3;1-18-11-9-17(22)20(3)15(18)6-4-12-13-5-7-16(21)19(13,2)10-8-14(12)18;13-14(19(15,16)11-7-3-1-4-8-11)20(17,18)12-9-5-2-6-10-12;1-6(2,3)8(4,5)7;1-2(3)4;;/h16-21H,9-15H2,1-8H3;17-21H,9-16H2,1-8H3;11-16,22H,4-10H2,1-3H3;12-16,21H,4-11H2,1-3H3;1-10H;1-5H3;1H3,(H,3,4);1H4;1H/t16?,17-,18?,19+,20+,21-,24-,25+;17?,18-,19?,20+,21-,24+,25-;11?,12-,13?,14+,15+,16-,18-,19+;12?,13-,14?,15+,16-,18+,19-;;;;;/m0000...../s1. The highest BCUT2D eigenvalue weighted by molar-refractivity contribution is 8.03. The predicted octanol–water partition coefficient (Wildman–Crippen LogP) is 24.9. The Bertz CT molecular complexity index is 4730. The number of benzene rings is 2. The van der Waals surface area contributed by atoms with Crippen LogP contribution in [0.2, 0.25) is 54.4 Å². The van der Waals surface area contributed by atoms with Crippen LogP contribution in [-0.2, 0) is 52.9 Å². The largest absolute Gasteiger partial charge is 0.481 e. The van der Waals surface area contributed by atoms with Crippen molar-refractivity contribution < 1.29 is 82.9 Å². The Morgan fingerprint density at radius 2 is 0.652 bits per heavy atom. The molecule has 788 valence electrons. The van der Waals surface area contributed by atoms with Gasteiger partial charge in [0.25, 0.3) is 37.8 Å². The molecule has 2 aromatic carbocycles. The number of carbonyl (C=O) groups is 5. The molecular formula is C109H184ClF4N5O14S2Si3. The zero-order valence-electron chi connectivity index (χ0n) is 89.0. The summed E-state index contributed by atoms with van der Waals surface area (Å²) in [6.07, 6.45) is 30.6. The highest BCUT2D eigenvalue weighted by Crippen LogP contribution is 2.71. The Morgan fingerprint density at radius 1 is 0.406 bits per heavy atom. The van der Waals surface area contributed by atoms with E-state index in [0.29, 0.717) is 112 Å². The zero-order chi connectivity index (χ0) is 101. The van der Waals surface area contributed by atoms with Crippen molar-refractivity contribution in [3.05, 3.63) is 60.7 Å². The van der Waals surface area contributed by atoms with Crippen LogP contribution in [0, 0.1) is 114 Å². The second kappa shape index (κ2) is 41.7. The van der Waals surface area contributed by atoms with E-state index in [1.54, 1.807) is 16.8 Å². The van der Waals surface area contributed by atoms with Crippen molar-refractivity contribution >= 4 is 84.7 Å². The number of halogens is 5. The van der Waals surface area contributed by atoms with Crippen LogP contribution in [0.25, 0.3) is 0 Å². The molecule has 8 unspecified atom stereocenters. The lowest BCUT2D eigenvalue weighted by Crippen LogP contribution is -2.64. The Hall–Kier alpha value is -3.85. The molecular weight excluding hydrogens is 1860 g/mol. The number of alkyl halides is 2. The molecule has 0 radical (unpaired) electrons. The summed E-state index contributed by atoms with van der Waals surface area (Å²) in [5.41, 5.74) is 1.30. The number of aliphatic hydroxyl groups excluding tert-OH is 2. The van der Waals surface area contributed by atoms with E-state index in [1.165, 1.54) is 133 Å². The fourth-order valence-corrected chi connectivity index (χ4v) is 37.3. The molecule has 0 aromatic heterocycles. The van der Waals surface area contributed by atoms with E-state index < -0.39 is 76.1 Å². The summed E-state index contributed by atoms with van der Waals surface area (Å²) < 4.78 is 104. The highest BCUT2D eigenvalue weighted by atomic mass is 35.6. The maximum atomic E-state index is 14.7. The number of likely N-dealkylation sites (tertiary alicyclic amines) is 4. The van der Waals surface area contributed by atoms with Gasteiger partial charge in [-0.1, -0.05) is 175 Å². The third-order valence-electron chi connectivity index (χ3n) is 42.6. The predicted molar refractivity (Wildman–Crippen MR) is 553 cm³/mol. The summed E-state index contributed by atoms with van der Waals surface area (Å²) in [6.45, 7) is 55.0. The lowest BCUT2D eigenvalue weighted by Gasteiger charge is -2.62. The Kier molecular flexibility index (Phi) is 35.1. The summed E-state index contributed by atoms with van der Waals surface area (Å²) >= 11 is 6.15. The molecule has 29 heteroatoms. The second-order valence-corrected chi connectivity index (χ2v) is 72.9. The molecule has 4 aliphatic heterocycles. The number of carboxylic acids is 1. The molecule has 12 saturated carbocycles. The summed E-state index contributed by atoms with van der Waals surface area (Å²) in [4.78, 5) is 64.6. The second-order valence-electron chi connectivity index (χ2n) is 52.4. The van der Waals surface area contributed by atoms with Gasteiger partial charge in [-0.2, -0.15) is 11.1 Å². The van der Waals surface area contributed by atoms with E-state index in [4.69, 9.17) is 29.8 Å². The number of aliphatic hydroxyl groups is 2. The van der Waals surface area contributed by atoms with Gasteiger partial charge in [-0.3, -0.25) is 28.7 Å². The molecule has 2 aromatic rings. The van der Waals surface area contributed by atoms with Crippen molar-refractivity contribution in [3.63, 3.8) is 0 Å². The molecule has 0 spiro atoms. The van der Waals surface area contributed by atoms with E-state index in [0.717, 1.165) is 144 Å². The van der Waals surface area contributed by atoms with Crippen LogP contribution in [0.1, 0.15) is 325 Å². The number of hydrogen-bond acceptors (Lipinski definition) is 13. The maximum Gasteiger partial charge on any atom is 0.300 e. The molecule has 3 N–H and O–H groups in total. The quantitative estimate of drug-likeness (QED) is 0.0963. The van der Waals surface area contributed by atoms with Crippen LogP contribution >= 0.6 is 11.1 Å². The molecule has 16 fully saturated rings. The zero-order valence-corrected chi connectivity index (χ0v) is 94.4. The van der Waals surface area contributed by atoms with Gasteiger partial charge in [-0.15, -0.1) is 4.48 Å². The van der Waals surface area contributed by atoms with E-state index in [1.807, 2.05) is 14.1 Å². The lowest BCUT2D eigenvalue weighted by molar-refractivity contribution is -0.170. The Labute approximate surface area is 838 Å². The third kappa shape index (κ3) is 21.2. The van der Waals surface area contributed by atoms with Crippen molar-refractivity contribution in [2.24, 2.45) is 114 Å². The van der Waals surface area contributed by atoms with Gasteiger partial charge in [-0.05, 0) is 360 Å². The van der Waals surface area contributed by atoms with E-state index in [2.05, 4.69) is 174 Å². The SMILES string of the molecule is C.CC(=O)O.CC(C)(C)[Si](C)(C)Cl.CN1C(=O)CC[C@]2(C)C3CC[C@]4(C)[C@@H](O)CC[C@H]4C3CC[C@@H]12.CN1C(=O)CC[C@]2(C)C3CC[C@]4(C)[C@@H](O[Si](C)(C)C(C)(C)C)CC[C@H]4C3CC[C@@H]12.CN1C(=O)[C@H](F)C[C@]2(C)C3CC[C@]4(C)[C@@H](O)CC[C@H]4C3CC[C@@H]12.CN1C(=O)[C@H](F)C[C@]2(C)C3CC[C@]4(C)[C@@H](O[Si](C)(C)C(C)(C)C)CC[C@H]4C3CC[C@@H]12.F.O=S(=O)(c1ccccc1)N(F)S(=O)(=O)c1ccccc1. The van der Waals surface area contributed by atoms with Crippen LogP contribution in [0.3, 0.4) is 0 Å². The van der Waals surface area contributed by atoms with Gasteiger partial charge in [0.05, 0.1) is 38.1 Å². The number of piperidine rings is 4. The fourth-order valence-electron chi connectivity index (χ4n) is 31.5. The maximum absolute atomic E-state index is 14.7. The fraction of sp³-hybridized carbons (Fsp3) is 0.844. The minimum absolute atomic E-state index is 0. The van der Waals surface area contributed by atoms with Crippen molar-refractivity contribution in [3.8, 4) is 0 Å². The first-order valence-electron chi connectivity index (χ1n) is 52.5. The number of sulfonamides is 2. The molecule has 16 aliphatic rings. The third-order valence-corrected chi connectivity index (χ3v) is 60.5. The summed E-state index contributed by atoms with van der Waals surface area (Å²) in [7, 11) is -6.74. The van der Waals surface area contributed by atoms with Gasteiger partial charge in [0, 0.05) is 72.1 Å². The van der Waals surface area contributed by atoms with Crippen molar-refractivity contribution in [1.29, 1.82) is 0 Å². The number of fused-ring (bicyclic) bond motifs is 20. The van der Waals surface area contributed by atoms with E-state index >= 15 is 0 Å². The van der Waals surface area contributed by atoms with Crippen molar-refractivity contribution in [2.75, 3.05) is 28.2 Å². The minimum Gasteiger partial charge on any atom is -0.481 e. The van der Waals surface area contributed by atoms with Gasteiger partial charge >= 0.3 is 0 Å². The van der Waals surface area contributed by atoms with Crippen LogP contribution in [0.15, 0.2) is 70.5 Å². The molecule has 12 aliphatic carbocycles. The molecule has 0 bridgehead atoms. The van der Waals surface area contributed by atoms with E-state index in [-0.39, 0.29) is 85.4 Å². The first kappa shape index (κ1) is 116. The molecule has 4 amide bonds. The summed E-state index contributed by atoms with van der Waals surface area (Å²) in [5, 5.41) is 29.2. The molecule has 4 saturated heterocycles. The summed E-state index contributed by atoms with van der Waals surface area (Å²) in [5.74, 6) is 7.52. The topological polar surface area (TPSA) is 249 Å². The van der Waals surface area contributed by atoms with Gasteiger partial charge in [0.1, 0.15) is 0 Å². The number of nitrogens with zero attached hydrogens (tertiary/aromatic N) is 5.